The first-order valence-electron chi connectivity index (χ1n) is 10.6. The van der Waals surface area contributed by atoms with Crippen LogP contribution in [0.15, 0.2) is 107 Å². The minimum Gasteiger partial charge on any atom is -0.545 e. The quantitative estimate of drug-likeness (QED) is 0.181. The number of carboxylic acid groups (broad SMARTS) is 2. The minimum absolute atomic E-state index is 0. The van der Waals surface area contributed by atoms with E-state index in [1.165, 1.54) is 36.7 Å². The number of rotatable bonds is 6. The van der Waals surface area contributed by atoms with Gasteiger partial charge in [-0.2, -0.15) is 0 Å². The maximum atomic E-state index is 10.6. The van der Waals surface area contributed by atoms with Crippen molar-refractivity contribution in [3.8, 4) is 11.5 Å². The van der Waals surface area contributed by atoms with Gasteiger partial charge < -0.3 is 41.0 Å². The summed E-state index contributed by atoms with van der Waals surface area (Å²) in [6.45, 7) is 0. The van der Waals surface area contributed by atoms with Gasteiger partial charge in [-0.25, -0.2) is 0 Å². The third-order valence-corrected chi connectivity index (χ3v) is 4.78. The molecular formula is C28H26CdN2O8+2. The molecule has 11 heteroatoms. The number of carboxylic acids is 2. The van der Waals surface area contributed by atoms with Crippen LogP contribution in [-0.4, -0.2) is 34.6 Å². The summed E-state index contributed by atoms with van der Waals surface area (Å²) in [6.07, 6.45) is 3.03. The van der Waals surface area contributed by atoms with Gasteiger partial charge in [0.15, 0.2) is 0 Å². The second-order valence-corrected chi connectivity index (χ2v) is 7.30. The largest absolute Gasteiger partial charge is 2.00 e. The van der Waals surface area contributed by atoms with Gasteiger partial charge in [-0.3, -0.25) is 9.98 Å². The second kappa shape index (κ2) is 17.2. The molecule has 0 saturated carbocycles. The molecule has 0 aliphatic carbocycles. The molecule has 0 bridgehead atoms. The number of phenolic OH excluding ortho intramolecular Hbond substituents is 2. The number of aliphatic imine (C=N–C) groups is 2. The maximum absolute atomic E-state index is 10.6. The zero-order valence-corrected chi connectivity index (χ0v) is 24.7. The molecule has 0 saturated heterocycles. The predicted molar refractivity (Wildman–Crippen MR) is 142 cm³/mol. The third kappa shape index (κ3) is 10.9. The molecule has 0 atom stereocenters. The number of carbonyl (C=O) groups is 2. The van der Waals surface area contributed by atoms with Gasteiger partial charge in [0.2, 0.25) is 0 Å². The molecule has 0 radical (unpaired) electrons. The summed E-state index contributed by atoms with van der Waals surface area (Å²) < 4.78 is 0. The summed E-state index contributed by atoms with van der Waals surface area (Å²) in [4.78, 5) is 29.4. The molecule has 0 amide bonds. The molecule has 0 aromatic heterocycles. The van der Waals surface area contributed by atoms with E-state index in [1.807, 2.05) is 0 Å². The molecule has 10 nitrogen and oxygen atoms in total. The number of carbonyl (C=O) groups excluding carboxylic acids is 2. The number of nitrogens with zero attached hydrogens (tertiary/aromatic N) is 2. The van der Waals surface area contributed by atoms with Crippen LogP contribution in [0, 0.1) is 0 Å². The van der Waals surface area contributed by atoms with Crippen molar-refractivity contribution in [2.75, 3.05) is 0 Å². The molecule has 4 aromatic rings. The Bertz CT molecular complexity index is 1300. The molecule has 0 aliphatic rings. The topological polar surface area (TPSA) is 211 Å². The third-order valence-electron chi connectivity index (χ3n) is 4.78. The first-order valence-corrected chi connectivity index (χ1v) is 10.6. The van der Waals surface area contributed by atoms with Crippen molar-refractivity contribution < 1.29 is 68.3 Å². The SMILES string of the molecule is O=C([O-])c1ccc(N=Cc2ccccc2O)cc1.O=C([O-])c1ccc(N=Cc2ccccc2O)cc1.[Cd+2].[OH3+].[OH3+]. The van der Waals surface area contributed by atoms with Gasteiger partial charge in [0.25, 0.3) is 0 Å². The fourth-order valence-electron chi connectivity index (χ4n) is 2.85. The molecule has 4 rings (SSSR count). The molecule has 0 spiro atoms. The van der Waals surface area contributed by atoms with E-state index in [0.29, 0.717) is 22.5 Å². The van der Waals surface area contributed by atoms with Crippen molar-refractivity contribution in [1.29, 1.82) is 0 Å². The molecule has 0 unspecified atom stereocenters. The van der Waals surface area contributed by atoms with Crippen molar-refractivity contribution >= 4 is 35.7 Å². The summed E-state index contributed by atoms with van der Waals surface area (Å²) >= 11 is 0. The summed E-state index contributed by atoms with van der Waals surface area (Å²) in [5.74, 6) is -2.14. The van der Waals surface area contributed by atoms with E-state index in [-0.39, 0.29) is 60.9 Å². The Hall–Kier alpha value is -4.40. The fourth-order valence-corrected chi connectivity index (χ4v) is 2.85. The van der Waals surface area contributed by atoms with Crippen molar-refractivity contribution in [3.05, 3.63) is 119 Å². The molecular weight excluding hydrogens is 605 g/mol. The maximum Gasteiger partial charge on any atom is 2.00 e. The fraction of sp³-hybridized carbons (Fsp3) is 0. The molecule has 0 aliphatic heterocycles. The number of hydrogen-bond donors (Lipinski definition) is 2. The van der Waals surface area contributed by atoms with E-state index >= 15 is 0 Å². The predicted octanol–water partition coefficient (Wildman–Crippen LogP) is 1.17. The van der Waals surface area contributed by atoms with Gasteiger partial charge in [-0.05, 0) is 59.7 Å². The van der Waals surface area contributed by atoms with Crippen LogP contribution in [-0.2, 0) is 38.3 Å². The molecule has 0 fully saturated rings. The molecule has 196 valence electrons. The van der Waals surface area contributed by atoms with Crippen molar-refractivity contribution in [2.45, 2.75) is 0 Å². The van der Waals surface area contributed by atoms with Crippen LogP contribution in [0.2, 0.25) is 0 Å². The van der Waals surface area contributed by atoms with E-state index in [4.69, 9.17) is 0 Å². The van der Waals surface area contributed by atoms with Gasteiger partial charge in [0, 0.05) is 23.6 Å². The monoisotopic (exact) mass is 632 g/mol. The second-order valence-electron chi connectivity index (χ2n) is 7.30. The zero-order chi connectivity index (χ0) is 25.9. The molecule has 8 N–H and O–H groups in total. The van der Waals surface area contributed by atoms with Crippen LogP contribution < -0.4 is 10.2 Å². The Morgan fingerprint density at radius 1 is 0.564 bits per heavy atom. The average molecular weight is 631 g/mol. The van der Waals surface area contributed by atoms with E-state index < -0.39 is 11.9 Å². The van der Waals surface area contributed by atoms with E-state index in [9.17, 15) is 30.0 Å². The van der Waals surface area contributed by atoms with Gasteiger partial charge in [-0.15, -0.1) is 0 Å². The smallest absolute Gasteiger partial charge is 0.545 e. The summed E-state index contributed by atoms with van der Waals surface area (Å²) in [5.41, 5.74) is 2.61. The van der Waals surface area contributed by atoms with Crippen molar-refractivity contribution in [3.63, 3.8) is 0 Å². The van der Waals surface area contributed by atoms with Crippen LogP contribution in [0.5, 0.6) is 11.5 Å². The number of aromatic carboxylic acids is 2. The molecule has 39 heavy (non-hydrogen) atoms. The Balaban J connectivity index is 0.000000688. The zero-order valence-electron chi connectivity index (χ0n) is 20.7. The number of para-hydroxylation sites is 2. The molecule has 4 aromatic carbocycles. The van der Waals surface area contributed by atoms with Crippen LogP contribution in [0.1, 0.15) is 31.8 Å². The van der Waals surface area contributed by atoms with E-state index in [2.05, 4.69) is 9.98 Å². The summed E-state index contributed by atoms with van der Waals surface area (Å²) in [6, 6.07) is 25.6. The standard InChI is InChI=1S/2C14H11NO3.Cd.2H2O/c2*16-13-4-2-1-3-11(13)9-15-12-7-5-10(6-8-12)14(17)18;;;/h2*1-9,16H,(H,17,18);;2*1H2/q;;+2;;. The van der Waals surface area contributed by atoms with Crippen molar-refractivity contribution in [1.82, 2.24) is 0 Å². The van der Waals surface area contributed by atoms with Gasteiger partial charge in [0.1, 0.15) is 11.5 Å². The van der Waals surface area contributed by atoms with E-state index in [1.54, 1.807) is 72.8 Å². The van der Waals surface area contributed by atoms with E-state index in [0.717, 1.165) is 0 Å². The van der Waals surface area contributed by atoms with Crippen molar-refractivity contribution in [2.24, 2.45) is 9.98 Å². The molecule has 0 heterocycles. The number of benzene rings is 4. The van der Waals surface area contributed by atoms with Crippen LogP contribution in [0.3, 0.4) is 0 Å². The number of aromatic hydroxyl groups is 2. The summed E-state index contributed by atoms with van der Waals surface area (Å²) in [5, 5.41) is 40.2. The first-order chi connectivity index (χ1) is 17.3. The minimum atomic E-state index is -1.22. The van der Waals surface area contributed by atoms with Gasteiger partial charge >= 0.3 is 27.3 Å². The Kier molecular flexibility index (Phi) is 15.2. The number of hydrogen-bond acceptors (Lipinski definition) is 8. The normalized spacial score (nSPS) is 9.85. The Morgan fingerprint density at radius 3 is 1.15 bits per heavy atom. The first kappa shape index (κ1) is 34.6. The average Bonchev–Trinajstić information content (AvgIpc) is 2.88. The van der Waals surface area contributed by atoms with Gasteiger partial charge in [0.05, 0.1) is 23.3 Å². The number of phenols is 2. The Labute approximate surface area is 244 Å². The van der Waals surface area contributed by atoms with Crippen LogP contribution in [0.25, 0.3) is 0 Å². The Morgan fingerprint density at radius 2 is 0.872 bits per heavy atom. The van der Waals surface area contributed by atoms with Gasteiger partial charge in [-0.1, -0.05) is 48.5 Å². The van der Waals surface area contributed by atoms with Crippen LogP contribution in [0.4, 0.5) is 11.4 Å². The van der Waals surface area contributed by atoms with Crippen LogP contribution >= 0.6 is 0 Å². The summed E-state index contributed by atoms with van der Waals surface area (Å²) in [7, 11) is 0.